The number of carbonyl (C=O) groups is 2. The number of benzene rings is 1. The Balaban J connectivity index is 2.29. The molecule has 0 spiro atoms. The molecule has 1 aliphatic heterocycles. The second kappa shape index (κ2) is 14.1. The summed E-state index contributed by atoms with van der Waals surface area (Å²) in [6.45, 7) is 7.36. The van der Waals surface area contributed by atoms with Crippen LogP contribution in [0.1, 0.15) is 42.5 Å². The molecule has 1 N–H and O–H groups in total. The van der Waals surface area contributed by atoms with Gasteiger partial charge in [0.1, 0.15) is 5.56 Å². The number of nitrogens with zero attached hydrogens (tertiary/aromatic N) is 2. The Kier molecular flexibility index (Phi) is 11.6. The van der Waals surface area contributed by atoms with E-state index >= 15 is 0 Å². The highest BCUT2D eigenvalue weighted by molar-refractivity contribution is 6.76. The molecule has 1 amide bonds. The first kappa shape index (κ1) is 29.5. The minimum atomic E-state index is -1.29. The van der Waals surface area contributed by atoms with Crippen LogP contribution in [0.2, 0.25) is 25.7 Å². The number of likely N-dealkylation sites (tertiary alicyclic amines) is 1. The normalized spacial score (nSPS) is 15.9. The first-order valence-electron chi connectivity index (χ1n) is 12.2. The Morgan fingerprint density at radius 2 is 1.89 bits per heavy atom. The van der Waals surface area contributed by atoms with Crippen LogP contribution in [0.25, 0.3) is 0 Å². The molecule has 36 heavy (non-hydrogen) atoms. The number of aliphatic hydroxyl groups excluding tert-OH is 1. The maximum absolute atomic E-state index is 13.3. The Bertz CT molecular complexity index is 904. The van der Waals surface area contributed by atoms with Crippen molar-refractivity contribution in [2.24, 2.45) is 0 Å². The lowest BCUT2D eigenvalue weighted by atomic mass is 10.0. The van der Waals surface area contributed by atoms with E-state index in [0.717, 1.165) is 18.9 Å². The number of esters is 1. The van der Waals surface area contributed by atoms with E-state index in [1.165, 1.54) is 24.1 Å². The van der Waals surface area contributed by atoms with Gasteiger partial charge in [-0.2, -0.15) is 0 Å². The van der Waals surface area contributed by atoms with Gasteiger partial charge in [0.15, 0.2) is 18.3 Å². The van der Waals surface area contributed by atoms with Gasteiger partial charge in [0.25, 0.3) is 11.6 Å². The molecule has 202 valence electrons. The topological polar surface area (TPSA) is 138 Å². The van der Waals surface area contributed by atoms with E-state index in [1.807, 2.05) is 0 Å². The van der Waals surface area contributed by atoms with E-state index in [1.54, 1.807) is 0 Å². The standard InChI is InChI=1S/C24H38N2O9Si/c1-32-23(28)9-7-11-34-22-15-20(26(30)31)19(24(29)25-10-6-5-8-18(25)16-27)14-21(22)35-17-33-12-13-36(2,3)4/h14-15,18,27H,5-13,16-17H2,1-4H3/t18-/m0/s1. The van der Waals surface area contributed by atoms with Crippen molar-refractivity contribution >= 4 is 25.6 Å². The third kappa shape index (κ3) is 9.06. The molecule has 1 atom stereocenters. The van der Waals surface area contributed by atoms with Crippen LogP contribution in [0, 0.1) is 10.1 Å². The van der Waals surface area contributed by atoms with Crippen LogP contribution in [0.15, 0.2) is 12.1 Å². The first-order chi connectivity index (χ1) is 17.1. The SMILES string of the molecule is COC(=O)CCCOc1cc([N+](=O)[O-])c(C(=O)N2CCCC[C@H]2CO)cc1OCOCC[Si](C)(C)C. The van der Waals surface area contributed by atoms with Gasteiger partial charge in [0.2, 0.25) is 0 Å². The lowest BCUT2D eigenvalue weighted by molar-refractivity contribution is -0.385. The highest BCUT2D eigenvalue weighted by atomic mass is 28.3. The van der Waals surface area contributed by atoms with Crippen molar-refractivity contribution in [2.45, 2.75) is 63.8 Å². The number of nitro groups is 1. The van der Waals surface area contributed by atoms with Gasteiger partial charge in [-0.3, -0.25) is 19.7 Å². The number of amides is 1. The van der Waals surface area contributed by atoms with Crippen LogP contribution in [-0.2, 0) is 14.3 Å². The molecular weight excluding hydrogens is 488 g/mol. The van der Waals surface area contributed by atoms with Crippen molar-refractivity contribution in [3.8, 4) is 11.5 Å². The van der Waals surface area contributed by atoms with Crippen LogP contribution >= 0.6 is 0 Å². The van der Waals surface area contributed by atoms with Crippen molar-refractivity contribution in [3.05, 3.63) is 27.8 Å². The predicted molar refractivity (Wildman–Crippen MR) is 135 cm³/mol. The Labute approximate surface area is 212 Å². The predicted octanol–water partition coefficient (Wildman–Crippen LogP) is 3.60. The fourth-order valence-electron chi connectivity index (χ4n) is 3.75. The molecule has 1 aromatic rings. The van der Waals surface area contributed by atoms with Gasteiger partial charge in [0, 0.05) is 33.7 Å². The highest BCUT2D eigenvalue weighted by Crippen LogP contribution is 2.36. The number of aliphatic hydroxyl groups is 1. The van der Waals surface area contributed by atoms with Crippen LogP contribution in [0.3, 0.4) is 0 Å². The van der Waals surface area contributed by atoms with Gasteiger partial charge in [0.05, 0.1) is 37.4 Å². The highest BCUT2D eigenvalue weighted by Gasteiger charge is 2.33. The number of ether oxygens (including phenoxy) is 4. The van der Waals surface area contributed by atoms with Gasteiger partial charge >= 0.3 is 5.97 Å². The first-order valence-corrected chi connectivity index (χ1v) is 15.9. The molecule has 11 nitrogen and oxygen atoms in total. The molecule has 1 aliphatic rings. The smallest absolute Gasteiger partial charge is 0.305 e. The van der Waals surface area contributed by atoms with Crippen LogP contribution in [0.4, 0.5) is 5.69 Å². The summed E-state index contributed by atoms with van der Waals surface area (Å²) in [7, 11) is -0.00214. The lowest BCUT2D eigenvalue weighted by Crippen LogP contribution is -2.45. The third-order valence-corrected chi connectivity index (χ3v) is 7.60. The van der Waals surface area contributed by atoms with Crippen LogP contribution in [0.5, 0.6) is 11.5 Å². The summed E-state index contributed by atoms with van der Waals surface area (Å²) in [5.74, 6) is -0.721. The average molecular weight is 527 g/mol. The largest absolute Gasteiger partial charge is 0.489 e. The summed E-state index contributed by atoms with van der Waals surface area (Å²) in [4.78, 5) is 37.4. The van der Waals surface area contributed by atoms with Crippen molar-refractivity contribution in [2.75, 3.05) is 40.3 Å². The molecule has 12 heteroatoms. The molecule has 0 aromatic heterocycles. The molecule has 1 saturated heterocycles. The average Bonchev–Trinajstić information content (AvgIpc) is 2.85. The quantitative estimate of drug-likeness (QED) is 0.0962. The summed E-state index contributed by atoms with van der Waals surface area (Å²) in [5.41, 5.74) is -0.559. The molecule has 0 radical (unpaired) electrons. The molecule has 0 aliphatic carbocycles. The fourth-order valence-corrected chi connectivity index (χ4v) is 4.51. The molecule has 1 heterocycles. The second-order valence-corrected chi connectivity index (χ2v) is 15.5. The summed E-state index contributed by atoms with van der Waals surface area (Å²) < 4.78 is 21.7. The summed E-state index contributed by atoms with van der Waals surface area (Å²) in [6, 6.07) is 3.02. The molecule has 0 saturated carbocycles. The Morgan fingerprint density at radius 1 is 1.17 bits per heavy atom. The molecule has 1 aromatic carbocycles. The van der Waals surface area contributed by atoms with Gasteiger partial charge in [-0.1, -0.05) is 19.6 Å². The third-order valence-electron chi connectivity index (χ3n) is 5.89. The zero-order valence-corrected chi connectivity index (χ0v) is 22.6. The lowest BCUT2D eigenvalue weighted by Gasteiger charge is -2.34. The van der Waals surface area contributed by atoms with E-state index in [4.69, 9.17) is 14.2 Å². The Hall–Kier alpha value is -2.70. The molecule has 2 rings (SSSR count). The number of hydrogen-bond donors (Lipinski definition) is 1. The second-order valence-electron chi connectivity index (χ2n) is 9.91. The summed E-state index contributed by atoms with van der Waals surface area (Å²) in [6.07, 6.45) is 2.72. The maximum Gasteiger partial charge on any atom is 0.305 e. The molecule has 0 unspecified atom stereocenters. The van der Waals surface area contributed by atoms with Crippen molar-refractivity contribution in [1.29, 1.82) is 0 Å². The van der Waals surface area contributed by atoms with Crippen LogP contribution in [-0.4, -0.2) is 81.2 Å². The van der Waals surface area contributed by atoms with E-state index in [9.17, 15) is 24.8 Å². The maximum atomic E-state index is 13.3. The number of nitro benzene ring substituents is 1. The number of piperidine rings is 1. The minimum Gasteiger partial charge on any atom is -0.489 e. The fraction of sp³-hybridized carbons (Fsp3) is 0.667. The summed E-state index contributed by atoms with van der Waals surface area (Å²) in [5, 5.41) is 21.6. The van der Waals surface area contributed by atoms with Crippen molar-refractivity contribution < 1.29 is 38.6 Å². The van der Waals surface area contributed by atoms with Gasteiger partial charge in [-0.15, -0.1) is 0 Å². The number of hydrogen-bond acceptors (Lipinski definition) is 9. The van der Waals surface area contributed by atoms with Gasteiger partial charge in [-0.25, -0.2) is 0 Å². The zero-order chi connectivity index (χ0) is 26.7. The zero-order valence-electron chi connectivity index (χ0n) is 21.6. The van der Waals surface area contributed by atoms with Crippen LogP contribution < -0.4 is 9.47 Å². The summed E-state index contributed by atoms with van der Waals surface area (Å²) >= 11 is 0. The van der Waals surface area contributed by atoms with Gasteiger partial charge < -0.3 is 29.0 Å². The van der Waals surface area contributed by atoms with Gasteiger partial charge in [-0.05, 0) is 31.7 Å². The minimum absolute atomic E-state index is 0.0780. The molecule has 0 bridgehead atoms. The monoisotopic (exact) mass is 526 g/mol. The molecule has 1 fully saturated rings. The Morgan fingerprint density at radius 3 is 2.53 bits per heavy atom. The van der Waals surface area contributed by atoms with E-state index in [0.29, 0.717) is 26.0 Å². The number of rotatable bonds is 14. The molecular formula is C24H38N2O9Si. The van der Waals surface area contributed by atoms with E-state index in [-0.39, 0.29) is 43.5 Å². The number of carbonyl (C=O) groups excluding carboxylic acids is 2. The van der Waals surface area contributed by atoms with E-state index < -0.39 is 36.6 Å². The van der Waals surface area contributed by atoms with Crippen molar-refractivity contribution in [3.63, 3.8) is 0 Å². The van der Waals surface area contributed by atoms with E-state index in [2.05, 4.69) is 24.4 Å². The number of methoxy groups -OCH3 is 1. The van der Waals surface area contributed by atoms with Crippen molar-refractivity contribution in [1.82, 2.24) is 4.90 Å².